The van der Waals surface area contributed by atoms with Crippen molar-refractivity contribution in [3.8, 4) is 11.8 Å². The molecule has 1 aromatic heterocycles. The van der Waals surface area contributed by atoms with Crippen molar-refractivity contribution in [1.29, 1.82) is 0 Å². The van der Waals surface area contributed by atoms with E-state index in [0.29, 0.717) is 6.61 Å². The first-order valence-electron chi connectivity index (χ1n) is 6.23. The Bertz CT molecular complexity index is 276. The summed E-state index contributed by atoms with van der Waals surface area (Å²) in [5.41, 5.74) is 1.16. The number of nitrogens with zero attached hydrogens (tertiary/aromatic N) is 1. The number of pyridine rings is 1. The lowest BCUT2D eigenvalue weighted by atomic mass is 10.3. The van der Waals surface area contributed by atoms with Gasteiger partial charge in [-0.15, -0.1) is 5.92 Å². The Morgan fingerprint density at radius 3 is 1.89 bits per heavy atom. The maximum Gasteiger partial charge on any atom is 0.104 e. The van der Waals surface area contributed by atoms with Crippen LogP contribution in [0.3, 0.4) is 0 Å². The molecule has 1 N–H and O–H groups in total. The summed E-state index contributed by atoms with van der Waals surface area (Å²) >= 11 is 0. The van der Waals surface area contributed by atoms with Crippen molar-refractivity contribution in [1.82, 2.24) is 4.98 Å². The van der Waals surface area contributed by atoms with Gasteiger partial charge in [0.15, 0.2) is 0 Å². The summed E-state index contributed by atoms with van der Waals surface area (Å²) < 4.78 is 4.90. The van der Waals surface area contributed by atoms with Crippen molar-refractivity contribution in [3.63, 3.8) is 0 Å². The van der Waals surface area contributed by atoms with Gasteiger partial charge in [-0.05, 0) is 24.6 Å². The summed E-state index contributed by atoms with van der Waals surface area (Å²) in [6.45, 7) is 10.3. The van der Waals surface area contributed by atoms with E-state index < -0.39 is 0 Å². The molecule has 3 heteroatoms. The standard InChI is InChI=1S/C7H9NO.C4H6O.2C2H6.CH4/c1-9-6-7-2-4-8-5-3-7;1-2-3-4-5;2*1-2;/h2-5H,6H2,1H3;5H,4H2,1H3;2*1-2H3;1H4. The van der Waals surface area contributed by atoms with Gasteiger partial charge in [0.1, 0.15) is 6.61 Å². The largest absolute Gasteiger partial charge is 0.384 e. The Morgan fingerprint density at radius 1 is 1.16 bits per heavy atom. The number of aromatic nitrogens is 1. The molecule has 0 fully saturated rings. The van der Waals surface area contributed by atoms with E-state index in [0.717, 1.165) is 5.56 Å². The van der Waals surface area contributed by atoms with Gasteiger partial charge in [0.25, 0.3) is 0 Å². The van der Waals surface area contributed by atoms with Gasteiger partial charge in [-0.3, -0.25) is 4.98 Å². The van der Waals surface area contributed by atoms with Crippen molar-refractivity contribution in [2.75, 3.05) is 13.7 Å². The lowest BCUT2D eigenvalue weighted by Gasteiger charge is -1.94. The molecule has 1 rings (SSSR count). The number of aliphatic hydroxyl groups is 1. The Labute approximate surface area is 120 Å². The molecule has 19 heavy (non-hydrogen) atoms. The zero-order valence-electron chi connectivity index (χ0n) is 12.5. The maximum absolute atomic E-state index is 7.89. The highest BCUT2D eigenvalue weighted by atomic mass is 16.5. The van der Waals surface area contributed by atoms with Crippen molar-refractivity contribution < 1.29 is 9.84 Å². The fraction of sp³-hybridized carbons (Fsp3) is 0.562. The smallest absolute Gasteiger partial charge is 0.104 e. The summed E-state index contributed by atoms with van der Waals surface area (Å²) in [5, 5.41) is 7.89. The van der Waals surface area contributed by atoms with Crippen LogP contribution in [0.5, 0.6) is 0 Å². The Morgan fingerprint density at radius 2 is 1.63 bits per heavy atom. The minimum atomic E-state index is -0.0174. The van der Waals surface area contributed by atoms with Gasteiger partial charge < -0.3 is 9.84 Å². The molecule has 112 valence electrons. The topological polar surface area (TPSA) is 42.4 Å². The van der Waals surface area contributed by atoms with Gasteiger partial charge in [0.05, 0.1) is 6.61 Å². The van der Waals surface area contributed by atoms with Crippen molar-refractivity contribution in [3.05, 3.63) is 30.1 Å². The van der Waals surface area contributed by atoms with E-state index >= 15 is 0 Å². The first-order valence-corrected chi connectivity index (χ1v) is 6.23. The highest BCUT2D eigenvalue weighted by Crippen LogP contribution is 1.95. The van der Waals surface area contributed by atoms with Crippen LogP contribution in [0.1, 0.15) is 47.6 Å². The van der Waals surface area contributed by atoms with E-state index in [1.807, 2.05) is 39.8 Å². The number of aliphatic hydroxyl groups excluding tert-OH is 1. The SMILES string of the molecule is C.CC.CC.CC#CCO.COCc1ccncc1. The minimum absolute atomic E-state index is 0. The fourth-order valence-corrected chi connectivity index (χ4v) is 0.725. The van der Waals surface area contributed by atoms with Gasteiger partial charge in [-0.1, -0.05) is 41.0 Å². The lowest BCUT2D eigenvalue weighted by Crippen LogP contribution is -1.85. The van der Waals surface area contributed by atoms with Gasteiger partial charge >= 0.3 is 0 Å². The third kappa shape index (κ3) is 26.3. The van der Waals surface area contributed by atoms with E-state index in [2.05, 4.69) is 16.8 Å². The second-order valence-electron chi connectivity index (χ2n) is 2.37. The highest BCUT2D eigenvalue weighted by molar-refractivity contribution is 5.07. The average molecular weight is 269 g/mol. The van der Waals surface area contributed by atoms with Crippen molar-refractivity contribution in [2.24, 2.45) is 0 Å². The molecule has 0 aliphatic rings. The zero-order chi connectivity index (χ0) is 14.6. The number of methoxy groups -OCH3 is 1. The molecule has 0 atom stereocenters. The summed E-state index contributed by atoms with van der Waals surface area (Å²) in [7, 11) is 1.68. The Hall–Kier alpha value is -1.37. The summed E-state index contributed by atoms with van der Waals surface area (Å²) in [4.78, 5) is 3.87. The van der Waals surface area contributed by atoms with Crippen LogP contribution < -0.4 is 0 Å². The van der Waals surface area contributed by atoms with Gasteiger partial charge in [-0.25, -0.2) is 0 Å². The summed E-state index contributed by atoms with van der Waals surface area (Å²) in [6, 6.07) is 3.87. The zero-order valence-corrected chi connectivity index (χ0v) is 12.5. The summed E-state index contributed by atoms with van der Waals surface area (Å²) in [5.74, 6) is 4.93. The van der Waals surface area contributed by atoms with Crippen LogP contribution in [0, 0.1) is 11.8 Å². The number of hydrogen-bond donors (Lipinski definition) is 1. The second kappa shape index (κ2) is 30.0. The van der Waals surface area contributed by atoms with Crippen molar-refractivity contribution >= 4 is 0 Å². The van der Waals surface area contributed by atoms with Crippen LogP contribution in [0.4, 0.5) is 0 Å². The molecular formula is C16H31NO2. The van der Waals surface area contributed by atoms with E-state index in [1.165, 1.54) is 0 Å². The lowest BCUT2D eigenvalue weighted by molar-refractivity contribution is 0.185. The molecule has 0 aliphatic heterocycles. The third-order valence-corrected chi connectivity index (χ3v) is 1.32. The minimum Gasteiger partial charge on any atom is -0.384 e. The van der Waals surface area contributed by atoms with E-state index in [4.69, 9.17) is 9.84 Å². The number of ether oxygens (including phenoxy) is 1. The van der Waals surface area contributed by atoms with Gasteiger partial charge in [0.2, 0.25) is 0 Å². The molecule has 0 spiro atoms. The van der Waals surface area contributed by atoms with E-state index in [9.17, 15) is 0 Å². The van der Waals surface area contributed by atoms with Gasteiger partial charge in [-0.2, -0.15) is 0 Å². The molecule has 1 aromatic rings. The molecule has 1 heterocycles. The molecule has 0 saturated carbocycles. The van der Waals surface area contributed by atoms with Crippen LogP contribution in [-0.4, -0.2) is 23.8 Å². The number of hydrogen-bond acceptors (Lipinski definition) is 3. The first-order chi connectivity index (χ1) is 8.85. The van der Waals surface area contributed by atoms with Crippen molar-refractivity contribution in [2.45, 2.75) is 48.7 Å². The monoisotopic (exact) mass is 269 g/mol. The quantitative estimate of drug-likeness (QED) is 0.827. The number of rotatable bonds is 2. The molecule has 3 nitrogen and oxygen atoms in total. The predicted octanol–water partition coefficient (Wildman–Crippen LogP) is 3.92. The molecule has 0 bridgehead atoms. The van der Waals surface area contributed by atoms with Crippen LogP contribution in [0.15, 0.2) is 24.5 Å². The normalized spacial score (nSPS) is 6.47. The van der Waals surface area contributed by atoms with Crippen LogP contribution in [-0.2, 0) is 11.3 Å². The Balaban J connectivity index is -0.0000000978. The molecule has 0 unspecified atom stereocenters. The average Bonchev–Trinajstić information content (AvgIpc) is 2.46. The van der Waals surface area contributed by atoms with Gasteiger partial charge in [0, 0.05) is 19.5 Å². The third-order valence-electron chi connectivity index (χ3n) is 1.32. The first kappa shape index (κ1) is 26.2. The van der Waals surface area contributed by atoms with Crippen LogP contribution in [0.25, 0.3) is 0 Å². The molecular weight excluding hydrogens is 238 g/mol. The molecule has 0 saturated heterocycles. The fourth-order valence-electron chi connectivity index (χ4n) is 0.725. The molecule has 0 aromatic carbocycles. The maximum atomic E-state index is 7.89. The van der Waals surface area contributed by atoms with E-state index in [1.54, 1.807) is 26.4 Å². The van der Waals surface area contributed by atoms with Crippen LogP contribution >= 0.6 is 0 Å². The van der Waals surface area contributed by atoms with Crippen LogP contribution in [0.2, 0.25) is 0 Å². The molecule has 0 aliphatic carbocycles. The highest BCUT2D eigenvalue weighted by Gasteiger charge is 1.85. The molecule has 0 radical (unpaired) electrons. The predicted molar refractivity (Wildman–Crippen MR) is 84.9 cm³/mol. The second-order valence-corrected chi connectivity index (χ2v) is 2.37. The van der Waals surface area contributed by atoms with E-state index in [-0.39, 0.29) is 14.0 Å². The molecule has 0 amide bonds. The Kier molecular flexibility index (Phi) is 41.5. The summed E-state index contributed by atoms with van der Waals surface area (Å²) in [6.07, 6.45) is 3.52.